The van der Waals surface area contributed by atoms with E-state index in [0.29, 0.717) is 38.5 Å². The fourth-order valence-electron chi connectivity index (χ4n) is 4.22. The van der Waals surface area contributed by atoms with Gasteiger partial charge in [-0.15, -0.1) is 0 Å². The van der Waals surface area contributed by atoms with Gasteiger partial charge in [0.05, 0.1) is 11.2 Å². The summed E-state index contributed by atoms with van der Waals surface area (Å²) in [6.07, 6.45) is 1.17. The number of nitrogens with one attached hydrogen (secondary N) is 1. The van der Waals surface area contributed by atoms with E-state index in [2.05, 4.69) is 0 Å². The molecule has 31 heavy (non-hydrogen) atoms. The fraction of sp³-hybridized carbons (Fsp3) is 0.591. The normalized spacial score (nSPS) is 19.2. The number of ether oxygens (including phenoxy) is 2. The Hall–Kier alpha value is -2.68. The Labute approximate surface area is 182 Å². The number of benzene rings is 1. The molecule has 2 fully saturated rings. The van der Waals surface area contributed by atoms with Crippen molar-refractivity contribution in [3.05, 3.63) is 29.6 Å². The number of nitrogens with zero attached hydrogens (tertiary/aromatic N) is 2. The highest BCUT2D eigenvalue weighted by atomic mass is 19.1. The van der Waals surface area contributed by atoms with Crippen molar-refractivity contribution >= 4 is 23.4 Å². The lowest BCUT2D eigenvalue weighted by molar-refractivity contribution is -0.145. The van der Waals surface area contributed by atoms with Gasteiger partial charge in [0.2, 0.25) is 5.91 Å². The Morgan fingerprint density at radius 1 is 1.29 bits per heavy atom. The van der Waals surface area contributed by atoms with Gasteiger partial charge in [0.15, 0.2) is 5.82 Å². The predicted octanol–water partition coefficient (Wildman–Crippen LogP) is 2.05. The maximum atomic E-state index is 15.2. The van der Waals surface area contributed by atoms with Gasteiger partial charge in [-0.1, -0.05) is 12.1 Å². The van der Waals surface area contributed by atoms with Gasteiger partial charge in [0.1, 0.15) is 18.9 Å². The zero-order chi connectivity index (χ0) is 22.6. The molecule has 2 saturated heterocycles. The number of hydrogen-bond donors (Lipinski definition) is 2. The summed E-state index contributed by atoms with van der Waals surface area (Å²) in [6, 6.07) is 4.98. The molecule has 170 valence electrons. The summed E-state index contributed by atoms with van der Waals surface area (Å²) in [7, 11) is 0. The van der Waals surface area contributed by atoms with E-state index in [1.165, 1.54) is 0 Å². The SMILES string of the molecule is CC1(C)CN(c2cccc(COC(=O)CC(=N)N)c2F)CCN1C(=O)C1CCOCC1. The van der Waals surface area contributed by atoms with Gasteiger partial charge >= 0.3 is 5.97 Å². The maximum Gasteiger partial charge on any atom is 0.313 e. The molecule has 2 aliphatic heterocycles. The molecule has 9 heteroatoms. The lowest BCUT2D eigenvalue weighted by Crippen LogP contribution is -2.62. The molecule has 0 atom stereocenters. The number of esters is 1. The van der Waals surface area contributed by atoms with Gasteiger partial charge in [-0.05, 0) is 32.8 Å². The zero-order valence-corrected chi connectivity index (χ0v) is 18.2. The van der Waals surface area contributed by atoms with Crippen LogP contribution in [0.1, 0.15) is 38.7 Å². The van der Waals surface area contributed by atoms with Crippen molar-refractivity contribution in [2.24, 2.45) is 11.7 Å². The van der Waals surface area contributed by atoms with E-state index in [4.69, 9.17) is 20.6 Å². The lowest BCUT2D eigenvalue weighted by atomic mass is 9.92. The Bertz CT molecular complexity index is 839. The van der Waals surface area contributed by atoms with E-state index < -0.39 is 17.3 Å². The summed E-state index contributed by atoms with van der Waals surface area (Å²) in [5.74, 6) is -1.27. The second-order valence-electron chi connectivity index (χ2n) is 8.72. The molecule has 3 rings (SSSR count). The molecule has 0 saturated carbocycles. The lowest BCUT2D eigenvalue weighted by Gasteiger charge is -2.49. The monoisotopic (exact) mass is 434 g/mol. The minimum atomic E-state index is -0.668. The van der Waals surface area contributed by atoms with Crippen molar-refractivity contribution in [1.29, 1.82) is 5.41 Å². The Morgan fingerprint density at radius 3 is 2.65 bits per heavy atom. The van der Waals surface area contributed by atoms with Gasteiger partial charge in [0, 0.05) is 44.3 Å². The van der Waals surface area contributed by atoms with E-state index >= 15 is 4.39 Å². The molecule has 2 aliphatic rings. The molecule has 8 nitrogen and oxygen atoms in total. The summed E-state index contributed by atoms with van der Waals surface area (Å²) in [4.78, 5) is 28.5. The van der Waals surface area contributed by atoms with Gasteiger partial charge < -0.3 is 25.0 Å². The average molecular weight is 435 g/mol. The van der Waals surface area contributed by atoms with Crippen LogP contribution in [0.4, 0.5) is 10.1 Å². The largest absolute Gasteiger partial charge is 0.460 e. The third-order valence-corrected chi connectivity index (χ3v) is 5.86. The first-order valence-electron chi connectivity index (χ1n) is 10.6. The Morgan fingerprint density at radius 2 is 2.00 bits per heavy atom. The van der Waals surface area contributed by atoms with Crippen LogP contribution in [0.15, 0.2) is 18.2 Å². The van der Waals surface area contributed by atoms with Gasteiger partial charge in [-0.2, -0.15) is 0 Å². The topological polar surface area (TPSA) is 109 Å². The minimum absolute atomic E-state index is 0.00988. The van der Waals surface area contributed by atoms with Crippen molar-refractivity contribution in [2.45, 2.75) is 45.3 Å². The highest BCUT2D eigenvalue weighted by Gasteiger charge is 2.40. The van der Waals surface area contributed by atoms with Crippen molar-refractivity contribution < 1.29 is 23.5 Å². The molecular formula is C22H31FN4O4. The number of carbonyl (C=O) groups excluding carboxylic acids is 2. The van der Waals surface area contributed by atoms with E-state index in [0.717, 1.165) is 12.8 Å². The zero-order valence-electron chi connectivity index (χ0n) is 18.2. The van der Waals surface area contributed by atoms with Crippen molar-refractivity contribution in [2.75, 3.05) is 37.7 Å². The molecule has 0 radical (unpaired) electrons. The Kier molecular flexibility index (Phi) is 7.15. The number of anilines is 1. The number of nitrogens with two attached hydrogens (primary N) is 1. The molecule has 0 aliphatic carbocycles. The van der Waals surface area contributed by atoms with Gasteiger partial charge in [-0.3, -0.25) is 15.0 Å². The average Bonchev–Trinajstić information content (AvgIpc) is 2.72. The second kappa shape index (κ2) is 9.64. The van der Waals surface area contributed by atoms with E-state index in [-0.39, 0.29) is 36.3 Å². The first kappa shape index (κ1) is 23.0. The maximum absolute atomic E-state index is 15.2. The van der Waals surface area contributed by atoms with Crippen LogP contribution in [0, 0.1) is 17.1 Å². The smallest absolute Gasteiger partial charge is 0.313 e. The van der Waals surface area contributed by atoms with E-state index in [9.17, 15) is 9.59 Å². The molecule has 1 amide bonds. The van der Waals surface area contributed by atoms with Gasteiger partial charge in [-0.25, -0.2) is 4.39 Å². The number of hydrogen-bond acceptors (Lipinski definition) is 6. The van der Waals surface area contributed by atoms with Crippen LogP contribution in [0.5, 0.6) is 0 Å². The van der Waals surface area contributed by atoms with Crippen LogP contribution in [0.2, 0.25) is 0 Å². The van der Waals surface area contributed by atoms with E-state index in [1.807, 2.05) is 23.6 Å². The molecule has 1 aromatic carbocycles. The number of halogens is 1. The predicted molar refractivity (Wildman–Crippen MR) is 114 cm³/mol. The summed E-state index contributed by atoms with van der Waals surface area (Å²) >= 11 is 0. The van der Waals surface area contributed by atoms with Crippen molar-refractivity contribution in [1.82, 2.24) is 4.90 Å². The third-order valence-electron chi connectivity index (χ3n) is 5.86. The van der Waals surface area contributed by atoms with Crippen LogP contribution in [0.25, 0.3) is 0 Å². The summed E-state index contributed by atoms with van der Waals surface area (Å²) in [5.41, 5.74) is 5.41. The summed E-state index contributed by atoms with van der Waals surface area (Å²) in [5, 5.41) is 7.13. The molecule has 0 bridgehead atoms. The highest BCUT2D eigenvalue weighted by molar-refractivity contribution is 5.94. The van der Waals surface area contributed by atoms with Crippen LogP contribution in [0.3, 0.4) is 0 Å². The summed E-state index contributed by atoms with van der Waals surface area (Å²) < 4.78 is 25.6. The molecule has 0 aromatic heterocycles. The first-order valence-corrected chi connectivity index (χ1v) is 10.6. The standard InChI is InChI=1S/C22H31FN4O4/c1-22(2)14-26(8-9-27(22)21(29)15-6-10-30-11-7-15)17-5-3-4-16(20(17)23)13-31-19(28)12-18(24)25/h3-5,15H,6-14H2,1-2H3,(H3,24,25). The van der Waals surface area contributed by atoms with Crippen molar-refractivity contribution in [3.63, 3.8) is 0 Å². The minimum Gasteiger partial charge on any atom is -0.460 e. The number of piperazine rings is 1. The Balaban J connectivity index is 1.68. The van der Waals surface area contributed by atoms with Crippen LogP contribution in [-0.4, -0.2) is 61.0 Å². The molecule has 3 N–H and O–H groups in total. The fourth-order valence-corrected chi connectivity index (χ4v) is 4.22. The molecule has 0 unspecified atom stereocenters. The third kappa shape index (κ3) is 5.52. The number of amidine groups is 1. The molecule has 0 spiro atoms. The number of rotatable bonds is 6. The molecular weight excluding hydrogens is 403 g/mol. The van der Waals surface area contributed by atoms with Gasteiger partial charge in [0.25, 0.3) is 0 Å². The highest BCUT2D eigenvalue weighted by Crippen LogP contribution is 2.31. The van der Waals surface area contributed by atoms with Crippen LogP contribution in [-0.2, 0) is 25.7 Å². The molecule has 2 heterocycles. The first-order chi connectivity index (χ1) is 14.7. The second-order valence-corrected chi connectivity index (χ2v) is 8.72. The van der Waals surface area contributed by atoms with Crippen LogP contribution < -0.4 is 10.6 Å². The number of carbonyl (C=O) groups is 2. The van der Waals surface area contributed by atoms with Crippen molar-refractivity contribution in [3.8, 4) is 0 Å². The number of amides is 1. The van der Waals surface area contributed by atoms with Crippen LogP contribution >= 0.6 is 0 Å². The van der Waals surface area contributed by atoms with E-state index in [1.54, 1.807) is 18.2 Å². The molecule has 1 aromatic rings. The quantitative estimate of drug-likeness (QED) is 0.403. The summed E-state index contributed by atoms with van der Waals surface area (Å²) in [6.45, 7) is 6.54.